The molecule has 0 aliphatic rings. The van der Waals surface area contributed by atoms with E-state index in [1.54, 1.807) is 13.0 Å². The molecule has 0 radical (unpaired) electrons. The van der Waals surface area contributed by atoms with Crippen molar-refractivity contribution in [1.29, 1.82) is 0 Å². The number of hydrogen-bond donors (Lipinski definition) is 2. The van der Waals surface area contributed by atoms with E-state index >= 15 is 0 Å². The summed E-state index contributed by atoms with van der Waals surface area (Å²) in [5.74, 6) is -1.96. The molecule has 0 saturated carbocycles. The Bertz CT molecular complexity index is 713. The Hall–Kier alpha value is -3.03. The van der Waals surface area contributed by atoms with Gasteiger partial charge in [-0.1, -0.05) is 0 Å². The number of anilines is 2. The number of carboxylic acids is 1. The predicted molar refractivity (Wildman–Crippen MR) is 72.3 cm³/mol. The van der Waals surface area contributed by atoms with Crippen molar-refractivity contribution in [2.45, 2.75) is 6.92 Å². The largest absolute Gasteiger partial charge is 0.478 e. The number of nitro groups is 1. The topological polar surface area (TPSA) is 105 Å². The molecule has 0 bridgehead atoms. The van der Waals surface area contributed by atoms with Crippen molar-refractivity contribution in [3.8, 4) is 0 Å². The second-order valence-corrected chi connectivity index (χ2v) is 4.29. The van der Waals surface area contributed by atoms with Crippen LogP contribution in [0, 0.1) is 22.9 Å². The lowest BCUT2D eigenvalue weighted by molar-refractivity contribution is -0.385. The molecule has 0 aliphatic heterocycles. The quantitative estimate of drug-likeness (QED) is 0.662. The summed E-state index contributed by atoms with van der Waals surface area (Å²) in [5.41, 5.74) is 0.132. The zero-order valence-electron chi connectivity index (χ0n) is 10.8. The number of pyridine rings is 1. The van der Waals surface area contributed by atoms with Gasteiger partial charge in [-0.25, -0.2) is 14.2 Å². The van der Waals surface area contributed by atoms with Crippen LogP contribution in [0.15, 0.2) is 30.5 Å². The number of halogens is 1. The lowest BCUT2D eigenvalue weighted by Gasteiger charge is -2.09. The van der Waals surface area contributed by atoms with Gasteiger partial charge in [0.25, 0.3) is 5.69 Å². The molecule has 0 unspecified atom stereocenters. The standard InChI is InChI=1S/C13H10FN3O4/c1-7-2-8(14)4-9(3-7)16-12-11(13(18)19)5-10(6-15-12)17(20)21/h2-6H,1H3,(H,15,16)(H,18,19). The van der Waals surface area contributed by atoms with Crippen LogP contribution < -0.4 is 5.32 Å². The third-order valence-corrected chi connectivity index (χ3v) is 2.62. The molecular weight excluding hydrogens is 281 g/mol. The van der Waals surface area contributed by atoms with Crippen LogP contribution >= 0.6 is 0 Å². The molecule has 0 atom stereocenters. The van der Waals surface area contributed by atoms with Gasteiger partial charge in [-0.2, -0.15) is 0 Å². The Kier molecular flexibility index (Phi) is 3.79. The van der Waals surface area contributed by atoms with Crippen LogP contribution in [0.3, 0.4) is 0 Å². The molecule has 0 saturated heterocycles. The number of nitrogens with one attached hydrogen (secondary N) is 1. The van der Waals surface area contributed by atoms with E-state index in [0.717, 1.165) is 12.3 Å². The van der Waals surface area contributed by atoms with E-state index in [1.165, 1.54) is 12.1 Å². The summed E-state index contributed by atoms with van der Waals surface area (Å²) < 4.78 is 13.3. The number of nitrogens with zero attached hydrogens (tertiary/aromatic N) is 2. The number of carbonyl (C=O) groups is 1. The summed E-state index contributed by atoms with van der Waals surface area (Å²) >= 11 is 0. The number of aromatic carboxylic acids is 1. The van der Waals surface area contributed by atoms with Gasteiger partial charge < -0.3 is 10.4 Å². The average Bonchev–Trinajstić information content (AvgIpc) is 2.37. The van der Waals surface area contributed by atoms with Crippen LogP contribution in [0.5, 0.6) is 0 Å². The van der Waals surface area contributed by atoms with Gasteiger partial charge in [0.1, 0.15) is 23.4 Å². The van der Waals surface area contributed by atoms with Gasteiger partial charge in [0.05, 0.1) is 4.92 Å². The highest BCUT2D eigenvalue weighted by atomic mass is 19.1. The highest BCUT2D eigenvalue weighted by Gasteiger charge is 2.17. The first-order valence-electron chi connectivity index (χ1n) is 5.79. The Balaban J connectivity index is 2.43. The number of aryl methyl sites for hydroxylation is 1. The smallest absolute Gasteiger partial charge is 0.339 e. The first-order valence-corrected chi connectivity index (χ1v) is 5.79. The first-order chi connectivity index (χ1) is 9.86. The minimum Gasteiger partial charge on any atom is -0.478 e. The van der Waals surface area contributed by atoms with Crippen LogP contribution in [-0.2, 0) is 0 Å². The Morgan fingerprint density at radius 2 is 2.10 bits per heavy atom. The van der Waals surface area contributed by atoms with Crippen LogP contribution in [0.1, 0.15) is 15.9 Å². The van der Waals surface area contributed by atoms with Gasteiger partial charge in [-0.05, 0) is 30.7 Å². The predicted octanol–water partition coefficient (Wildman–Crippen LogP) is 2.88. The highest BCUT2D eigenvalue weighted by molar-refractivity contribution is 5.94. The maximum atomic E-state index is 13.3. The summed E-state index contributed by atoms with van der Waals surface area (Å²) in [6.45, 7) is 1.68. The minimum atomic E-state index is -1.37. The SMILES string of the molecule is Cc1cc(F)cc(Nc2ncc([N+](=O)[O-])cc2C(=O)O)c1. The Morgan fingerprint density at radius 1 is 1.38 bits per heavy atom. The van der Waals surface area contributed by atoms with Gasteiger partial charge in [-0.15, -0.1) is 0 Å². The second-order valence-electron chi connectivity index (χ2n) is 4.29. The zero-order chi connectivity index (χ0) is 15.6. The van der Waals surface area contributed by atoms with Crippen molar-refractivity contribution in [3.63, 3.8) is 0 Å². The maximum absolute atomic E-state index is 13.3. The van der Waals surface area contributed by atoms with Crippen molar-refractivity contribution in [2.24, 2.45) is 0 Å². The number of hydrogen-bond acceptors (Lipinski definition) is 5. The fourth-order valence-electron chi connectivity index (χ4n) is 1.76. The van der Waals surface area contributed by atoms with E-state index in [1.807, 2.05) is 0 Å². The van der Waals surface area contributed by atoms with E-state index in [9.17, 15) is 19.3 Å². The Labute approximate surface area is 118 Å². The molecule has 1 aromatic heterocycles. The summed E-state index contributed by atoms with van der Waals surface area (Å²) in [6.07, 6.45) is 0.931. The molecule has 0 aliphatic carbocycles. The van der Waals surface area contributed by atoms with E-state index in [-0.39, 0.29) is 11.4 Å². The van der Waals surface area contributed by atoms with Crippen LogP contribution in [-0.4, -0.2) is 21.0 Å². The van der Waals surface area contributed by atoms with Crippen molar-refractivity contribution in [2.75, 3.05) is 5.32 Å². The average molecular weight is 291 g/mol. The monoisotopic (exact) mass is 291 g/mol. The van der Waals surface area contributed by atoms with Gasteiger partial charge in [0, 0.05) is 11.8 Å². The van der Waals surface area contributed by atoms with Crippen molar-refractivity contribution in [1.82, 2.24) is 4.98 Å². The molecule has 2 aromatic rings. The van der Waals surface area contributed by atoms with Crippen molar-refractivity contribution >= 4 is 23.2 Å². The molecule has 2 rings (SSSR count). The molecule has 8 heteroatoms. The molecular formula is C13H10FN3O4. The fourth-order valence-corrected chi connectivity index (χ4v) is 1.76. The molecule has 7 nitrogen and oxygen atoms in total. The third kappa shape index (κ3) is 3.30. The van der Waals surface area contributed by atoms with Gasteiger partial charge in [0.15, 0.2) is 0 Å². The number of rotatable bonds is 4. The van der Waals surface area contributed by atoms with Crippen molar-refractivity contribution < 1.29 is 19.2 Å². The van der Waals surface area contributed by atoms with Crippen LogP contribution in [0.4, 0.5) is 21.6 Å². The maximum Gasteiger partial charge on any atom is 0.339 e. The van der Waals surface area contributed by atoms with Crippen molar-refractivity contribution in [3.05, 3.63) is 57.5 Å². The Morgan fingerprint density at radius 3 is 2.67 bits per heavy atom. The van der Waals surface area contributed by atoms with E-state index in [2.05, 4.69) is 10.3 Å². The highest BCUT2D eigenvalue weighted by Crippen LogP contribution is 2.23. The lowest BCUT2D eigenvalue weighted by atomic mass is 10.2. The number of carboxylic acid groups (broad SMARTS) is 1. The zero-order valence-corrected chi connectivity index (χ0v) is 10.8. The van der Waals surface area contributed by atoms with Gasteiger partial charge >= 0.3 is 5.97 Å². The number of benzene rings is 1. The lowest BCUT2D eigenvalue weighted by Crippen LogP contribution is -2.06. The fraction of sp³-hybridized carbons (Fsp3) is 0.0769. The minimum absolute atomic E-state index is 0.0990. The summed E-state index contributed by atoms with van der Waals surface area (Å²) in [7, 11) is 0. The molecule has 21 heavy (non-hydrogen) atoms. The summed E-state index contributed by atoms with van der Waals surface area (Å²) in [4.78, 5) is 24.8. The van der Waals surface area contributed by atoms with Crippen LogP contribution in [0.2, 0.25) is 0 Å². The molecule has 0 amide bonds. The first kappa shape index (κ1) is 14.4. The molecule has 0 spiro atoms. The second kappa shape index (κ2) is 5.53. The van der Waals surface area contributed by atoms with Crippen LogP contribution in [0.25, 0.3) is 0 Å². The third-order valence-electron chi connectivity index (χ3n) is 2.62. The van der Waals surface area contributed by atoms with E-state index < -0.39 is 22.4 Å². The van der Waals surface area contributed by atoms with E-state index in [0.29, 0.717) is 11.3 Å². The van der Waals surface area contributed by atoms with E-state index in [4.69, 9.17) is 5.11 Å². The molecule has 1 heterocycles. The molecule has 108 valence electrons. The molecule has 0 fully saturated rings. The van der Waals surface area contributed by atoms with Gasteiger partial charge in [-0.3, -0.25) is 10.1 Å². The summed E-state index contributed by atoms with van der Waals surface area (Å²) in [6, 6.07) is 4.97. The molecule has 1 aromatic carbocycles. The number of aromatic nitrogens is 1. The summed E-state index contributed by atoms with van der Waals surface area (Å²) in [5, 5.41) is 22.4. The molecule has 2 N–H and O–H groups in total. The van der Waals surface area contributed by atoms with Gasteiger partial charge in [0.2, 0.25) is 0 Å². The normalized spacial score (nSPS) is 10.2.